The molecule has 0 unspecified atom stereocenters. The van der Waals surface area contributed by atoms with Gasteiger partial charge >= 0.3 is 0 Å². The number of hydrogen-bond donors (Lipinski definition) is 2. The minimum Gasteiger partial charge on any atom is -0.294 e. The van der Waals surface area contributed by atoms with E-state index in [2.05, 4.69) is 0 Å². The van der Waals surface area contributed by atoms with Crippen LogP contribution >= 0.6 is 0 Å². The number of halogens is 4. The lowest BCUT2D eigenvalue weighted by Crippen LogP contribution is -2.10. The first-order valence-electron chi connectivity index (χ1n) is 2.91. The van der Waals surface area contributed by atoms with E-state index < -0.39 is 17.5 Å². The third kappa shape index (κ3) is 1.65. The van der Waals surface area contributed by atoms with Gasteiger partial charge in [0, 0.05) is 12.1 Å². The van der Waals surface area contributed by atoms with Gasteiger partial charge in [-0.1, -0.05) is 5.65 Å². The van der Waals surface area contributed by atoms with Gasteiger partial charge in [0.15, 0.2) is 17.5 Å². The highest BCUT2D eigenvalue weighted by atomic mass is 19.2. The standard InChI is InChI=1S/C6H4F4N2/c7-4-1-3(11-12-10)2-5(8)6(4)9/h1-2,11-12H. The van der Waals surface area contributed by atoms with Crippen LogP contribution in [0.2, 0.25) is 0 Å². The highest BCUT2D eigenvalue weighted by Gasteiger charge is 2.09. The summed E-state index contributed by atoms with van der Waals surface area (Å²) >= 11 is 0. The molecular weight excluding hydrogens is 176 g/mol. The second kappa shape index (κ2) is 3.40. The Balaban J connectivity index is 3.04. The normalized spacial score (nSPS) is 10.0. The van der Waals surface area contributed by atoms with Crippen molar-refractivity contribution in [2.24, 2.45) is 0 Å². The van der Waals surface area contributed by atoms with Crippen molar-refractivity contribution in [2.75, 3.05) is 5.43 Å². The van der Waals surface area contributed by atoms with Gasteiger partial charge in [-0.2, -0.15) is 0 Å². The van der Waals surface area contributed by atoms with Gasteiger partial charge in [0.2, 0.25) is 0 Å². The average molecular weight is 180 g/mol. The molecule has 1 aromatic rings. The number of hydrogen-bond acceptors (Lipinski definition) is 2. The Morgan fingerprint density at radius 2 is 1.50 bits per heavy atom. The molecule has 0 bridgehead atoms. The van der Waals surface area contributed by atoms with E-state index in [0.717, 1.165) is 5.65 Å². The van der Waals surface area contributed by atoms with E-state index in [0.29, 0.717) is 12.1 Å². The molecule has 0 aliphatic rings. The summed E-state index contributed by atoms with van der Waals surface area (Å²) in [6.45, 7) is 0. The molecule has 12 heavy (non-hydrogen) atoms. The van der Waals surface area contributed by atoms with E-state index in [1.54, 1.807) is 5.43 Å². The van der Waals surface area contributed by atoms with E-state index >= 15 is 0 Å². The summed E-state index contributed by atoms with van der Waals surface area (Å²) in [5.41, 5.74) is 2.46. The van der Waals surface area contributed by atoms with E-state index in [1.807, 2.05) is 0 Å². The summed E-state index contributed by atoms with van der Waals surface area (Å²) in [4.78, 5) is 0. The quantitative estimate of drug-likeness (QED) is 0.314. The van der Waals surface area contributed by atoms with Crippen molar-refractivity contribution in [3.63, 3.8) is 0 Å². The van der Waals surface area contributed by atoms with Crippen LogP contribution in [0.5, 0.6) is 0 Å². The van der Waals surface area contributed by atoms with Crippen LogP contribution in [0, 0.1) is 17.5 Å². The third-order valence-electron chi connectivity index (χ3n) is 1.18. The Morgan fingerprint density at radius 3 is 1.92 bits per heavy atom. The van der Waals surface area contributed by atoms with Crippen molar-refractivity contribution in [3.05, 3.63) is 29.6 Å². The van der Waals surface area contributed by atoms with E-state index in [9.17, 15) is 17.7 Å². The Bertz CT molecular complexity index is 266. The molecule has 0 atom stereocenters. The Kier molecular flexibility index (Phi) is 2.49. The molecule has 2 nitrogen and oxygen atoms in total. The van der Waals surface area contributed by atoms with Gasteiger partial charge in [0.1, 0.15) is 0 Å². The molecule has 1 aromatic carbocycles. The van der Waals surface area contributed by atoms with Crippen molar-refractivity contribution < 1.29 is 17.7 Å². The largest absolute Gasteiger partial charge is 0.294 e. The van der Waals surface area contributed by atoms with E-state index in [-0.39, 0.29) is 5.69 Å². The molecule has 66 valence electrons. The first-order valence-corrected chi connectivity index (χ1v) is 2.91. The smallest absolute Gasteiger partial charge is 0.194 e. The molecule has 1 rings (SSSR count). The topological polar surface area (TPSA) is 24.1 Å². The van der Waals surface area contributed by atoms with Gasteiger partial charge in [-0.3, -0.25) is 5.43 Å². The number of nitrogens with one attached hydrogen (secondary N) is 2. The van der Waals surface area contributed by atoms with Crippen LogP contribution in [-0.4, -0.2) is 0 Å². The molecule has 0 aromatic heterocycles. The van der Waals surface area contributed by atoms with Gasteiger partial charge in [-0.25, -0.2) is 13.2 Å². The van der Waals surface area contributed by atoms with Crippen molar-refractivity contribution in [3.8, 4) is 0 Å². The third-order valence-corrected chi connectivity index (χ3v) is 1.18. The van der Waals surface area contributed by atoms with Crippen LogP contribution in [0.1, 0.15) is 0 Å². The molecule has 0 heterocycles. The maximum atomic E-state index is 12.4. The number of rotatable bonds is 2. The molecular formula is C6H4F4N2. The molecule has 2 N–H and O–H groups in total. The van der Waals surface area contributed by atoms with Crippen molar-refractivity contribution >= 4 is 5.69 Å². The van der Waals surface area contributed by atoms with Crippen molar-refractivity contribution in [1.29, 1.82) is 0 Å². The summed E-state index contributed by atoms with van der Waals surface area (Å²) in [6.07, 6.45) is 0. The highest BCUT2D eigenvalue weighted by molar-refractivity contribution is 5.42. The molecule has 0 amide bonds. The fraction of sp³-hybridized carbons (Fsp3) is 0. The first kappa shape index (κ1) is 8.79. The zero-order chi connectivity index (χ0) is 9.14. The first-order chi connectivity index (χ1) is 5.65. The number of benzene rings is 1. The summed E-state index contributed by atoms with van der Waals surface area (Å²) in [5, 5.41) is 0. The zero-order valence-electron chi connectivity index (χ0n) is 5.67. The van der Waals surface area contributed by atoms with Crippen LogP contribution in [-0.2, 0) is 0 Å². The number of anilines is 1. The lowest BCUT2D eigenvalue weighted by atomic mass is 10.3. The summed E-state index contributed by atoms with van der Waals surface area (Å²) in [7, 11) is 0. The lowest BCUT2D eigenvalue weighted by molar-refractivity contribution is 0.375. The fourth-order valence-electron chi connectivity index (χ4n) is 0.682. The molecule has 0 fully saturated rings. The predicted molar refractivity (Wildman–Crippen MR) is 34.2 cm³/mol. The molecule has 0 spiro atoms. The van der Waals surface area contributed by atoms with Crippen LogP contribution < -0.4 is 11.1 Å². The van der Waals surface area contributed by atoms with Crippen LogP contribution in [0.15, 0.2) is 12.1 Å². The van der Waals surface area contributed by atoms with Gasteiger partial charge < -0.3 is 0 Å². The molecule has 0 aliphatic carbocycles. The SMILES string of the molecule is FNNc1cc(F)c(F)c(F)c1. The van der Waals surface area contributed by atoms with Crippen LogP contribution in [0.4, 0.5) is 23.3 Å². The number of hydrazine groups is 1. The van der Waals surface area contributed by atoms with Gasteiger partial charge in [0.05, 0.1) is 5.69 Å². The second-order valence-corrected chi connectivity index (χ2v) is 1.97. The van der Waals surface area contributed by atoms with E-state index in [1.165, 1.54) is 0 Å². The predicted octanol–water partition coefficient (Wildman–Crippen LogP) is 1.90. The average Bonchev–Trinajstić information content (AvgIpc) is 2.01. The zero-order valence-corrected chi connectivity index (χ0v) is 5.67. The van der Waals surface area contributed by atoms with Crippen LogP contribution in [0.3, 0.4) is 0 Å². The lowest BCUT2D eigenvalue weighted by Gasteiger charge is -2.02. The molecule has 6 heteroatoms. The van der Waals surface area contributed by atoms with Crippen molar-refractivity contribution in [2.45, 2.75) is 0 Å². The van der Waals surface area contributed by atoms with E-state index in [4.69, 9.17) is 0 Å². The molecule has 0 radical (unpaired) electrons. The summed E-state index contributed by atoms with van der Waals surface area (Å²) in [6, 6.07) is 1.23. The fourth-order valence-corrected chi connectivity index (χ4v) is 0.682. The Hall–Kier alpha value is -1.30. The molecule has 0 saturated carbocycles. The minimum absolute atomic E-state index is 0.242. The Labute approximate surface area is 65.1 Å². The maximum absolute atomic E-state index is 12.4. The second-order valence-electron chi connectivity index (χ2n) is 1.97. The van der Waals surface area contributed by atoms with Gasteiger partial charge in [-0.15, -0.1) is 4.48 Å². The summed E-state index contributed by atoms with van der Waals surface area (Å²) in [5.74, 6) is -4.35. The highest BCUT2D eigenvalue weighted by Crippen LogP contribution is 2.16. The van der Waals surface area contributed by atoms with Gasteiger partial charge in [0.25, 0.3) is 0 Å². The van der Waals surface area contributed by atoms with Gasteiger partial charge in [-0.05, 0) is 0 Å². The van der Waals surface area contributed by atoms with Crippen LogP contribution in [0.25, 0.3) is 0 Å². The maximum Gasteiger partial charge on any atom is 0.194 e. The molecule has 0 aliphatic heterocycles. The minimum atomic E-state index is -1.58. The Morgan fingerprint density at radius 1 is 1.00 bits per heavy atom. The molecule has 0 saturated heterocycles. The summed E-state index contributed by atoms with van der Waals surface area (Å²) < 4.78 is 48.3. The van der Waals surface area contributed by atoms with Crippen molar-refractivity contribution in [1.82, 2.24) is 5.65 Å². The monoisotopic (exact) mass is 180 g/mol.